The van der Waals surface area contributed by atoms with Crippen LogP contribution in [0.5, 0.6) is 0 Å². The van der Waals surface area contributed by atoms with Gasteiger partial charge >= 0.3 is 0 Å². The average molecular weight is 443 g/mol. The molecule has 1 fully saturated rings. The second kappa shape index (κ2) is 13.0. The lowest BCUT2D eigenvalue weighted by atomic mass is 10.1. The van der Waals surface area contributed by atoms with Gasteiger partial charge in [0.1, 0.15) is 0 Å². The number of nitrogens with zero attached hydrogens (tertiary/aromatic N) is 1. The molecule has 0 radical (unpaired) electrons. The van der Waals surface area contributed by atoms with E-state index in [4.69, 9.17) is 11.6 Å². The number of hydrogen-bond donors (Lipinski definition) is 3. The van der Waals surface area contributed by atoms with Crippen molar-refractivity contribution in [3.05, 3.63) is 71.5 Å². The fourth-order valence-corrected chi connectivity index (χ4v) is 3.36. The fraction of sp³-hybridized carbons (Fsp3) is 0.400. The van der Waals surface area contributed by atoms with E-state index in [9.17, 15) is 4.79 Å². The zero-order valence-corrected chi connectivity index (χ0v) is 19.6. The lowest BCUT2D eigenvalue weighted by Gasteiger charge is -2.14. The van der Waals surface area contributed by atoms with Crippen molar-refractivity contribution in [1.29, 1.82) is 0 Å². The molecule has 0 aromatic heterocycles. The SMILES string of the molecule is C=C(NCCCC)Nc1cccc(NC(=O)C2CCN(C)C2)c1.Cc1ccc(Cl)cc1. The van der Waals surface area contributed by atoms with E-state index in [-0.39, 0.29) is 11.8 Å². The smallest absolute Gasteiger partial charge is 0.228 e. The summed E-state index contributed by atoms with van der Waals surface area (Å²) in [6.07, 6.45) is 3.20. The minimum absolute atomic E-state index is 0.0855. The van der Waals surface area contributed by atoms with Crippen LogP contribution in [0, 0.1) is 12.8 Å². The van der Waals surface area contributed by atoms with E-state index in [1.165, 1.54) is 5.56 Å². The number of aryl methyl sites for hydroxylation is 1. The summed E-state index contributed by atoms with van der Waals surface area (Å²) in [5.74, 6) is 0.966. The van der Waals surface area contributed by atoms with Gasteiger partial charge in [-0.25, -0.2) is 0 Å². The van der Waals surface area contributed by atoms with Gasteiger partial charge in [-0.05, 0) is 63.7 Å². The monoisotopic (exact) mass is 442 g/mol. The largest absolute Gasteiger partial charge is 0.372 e. The molecule has 0 saturated carbocycles. The maximum atomic E-state index is 12.3. The Bertz CT molecular complexity index is 817. The Morgan fingerprint density at radius 2 is 1.84 bits per heavy atom. The van der Waals surface area contributed by atoms with Gasteiger partial charge in [0.15, 0.2) is 0 Å². The van der Waals surface area contributed by atoms with Gasteiger partial charge < -0.3 is 20.9 Å². The van der Waals surface area contributed by atoms with Gasteiger partial charge in [-0.2, -0.15) is 0 Å². The van der Waals surface area contributed by atoms with Crippen molar-refractivity contribution in [2.45, 2.75) is 33.1 Å². The number of likely N-dealkylation sites (tertiary alicyclic amines) is 1. The van der Waals surface area contributed by atoms with Crippen molar-refractivity contribution in [2.75, 3.05) is 37.3 Å². The quantitative estimate of drug-likeness (QED) is 0.472. The number of nitrogens with one attached hydrogen (secondary N) is 3. The zero-order chi connectivity index (χ0) is 22.6. The Balaban J connectivity index is 0.000000357. The van der Waals surface area contributed by atoms with Crippen molar-refractivity contribution in [3.8, 4) is 0 Å². The molecular formula is C25H35ClN4O. The van der Waals surface area contributed by atoms with Crippen LogP contribution in [0.15, 0.2) is 60.9 Å². The summed E-state index contributed by atoms with van der Waals surface area (Å²) in [4.78, 5) is 14.5. The molecular weight excluding hydrogens is 408 g/mol. The molecule has 0 spiro atoms. The highest BCUT2D eigenvalue weighted by molar-refractivity contribution is 6.30. The highest BCUT2D eigenvalue weighted by atomic mass is 35.5. The van der Waals surface area contributed by atoms with Crippen LogP contribution in [-0.2, 0) is 4.79 Å². The molecule has 168 valence electrons. The van der Waals surface area contributed by atoms with E-state index in [0.29, 0.717) is 0 Å². The predicted octanol–water partition coefficient (Wildman–Crippen LogP) is 5.50. The third-order valence-electron chi connectivity index (χ3n) is 5.07. The van der Waals surface area contributed by atoms with Gasteiger partial charge in [0.05, 0.1) is 11.7 Å². The molecule has 0 aliphatic carbocycles. The number of halogens is 1. The van der Waals surface area contributed by atoms with E-state index >= 15 is 0 Å². The predicted molar refractivity (Wildman–Crippen MR) is 133 cm³/mol. The molecule has 1 aliphatic heterocycles. The molecule has 1 atom stereocenters. The summed E-state index contributed by atoms with van der Waals surface area (Å²) in [6.45, 7) is 10.9. The molecule has 1 saturated heterocycles. The van der Waals surface area contributed by atoms with E-state index in [0.717, 1.165) is 61.1 Å². The molecule has 6 heteroatoms. The molecule has 1 aliphatic rings. The van der Waals surface area contributed by atoms with Crippen molar-refractivity contribution in [3.63, 3.8) is 0 Å². The van der Waals surface area contributed by atoms with Crippen LogP contribution in [0.1, 0.15) is 31.7 Å². The van der Waals surface area contributed by atoms with Crippen LogP contribution in [0.25, 0.3) is 0 Å². The summed E-state index contributed by atoms with van der Waals surface area (Å²) in [5.41, 5.74) is 2.98. The van der Waals surface area contributed by atoms with Gasteiger partial charge in [0, 0.05) is 29.5 Å². The highest BCUT2D eigenvalue weighted by Crippen LogP contribution is 2.20. The van der Waals surface area contributed by atoms with Gasteiger partial charge in [0.25, 0.3) is 0 Å². The number of benzene rings is 2. The Hall–Kier alpha value is -2.50. The molecule has 2 aromatic carbocycles. The third kappa shape index (κ3) is 9.45. The van der Waals surface area contributed by atoms with Crippen LogP contribution >= 0.6 is 11.6 Å². The van der Waals surface area contributed by atoms with Crippen molar-refractivity contribution in [2.24, 2.45) is 5.92 Å². The zero-order valence-electron chi connectivity index (χ0n) is 18.9. The van der Waals surface area contributed by atoms with Crippen LogP contribution in [0.2, 0.25) is 5.02 Å². The number of anilines is 2. The van der Waals surface area contributed by atoms with E-state index in [2.05, 4.69) is 41.4 Å². The first-order valence-corrected chi connectivity index (χ1v) is 11.3. The number of hydrogen-bond acceptors (Lipinski definition) is 4. The second-order valence-corrected chi connectivity index (χ2v) is 8.43. The van der Waals surface area contributed by atoms with E-state index < -0.39 is 0 Å². The molecule has 31 heavy (non-hydrogen) atoms. The average Bonchev–Trinajstić information content (AvgIpc) is 3.18. The minimum Gasteiger partial charge on any atom is -0.372 e. The summed E-state index contributed by atoms with van der Waals surface area (Å²) >= 11 is 5.61. The maximum absolute atomic E-state index is 12.3. The number of carbonyl (C=O) groups is 1. The molecule has 2 aromatic rings. The van der Waals surface area contributed by atoms with E-state index in [1.807, 2.05) is 55.5 Å². The van der Waals surface area contributed by atoms with Crippen LogP contribution in [-0.4, -0.2) is 37.5 Å². The molecule has 5 nitrogen and oxygen atoms in total. The summed E-state index contributed by atoms with van der Waals surface area (Å²) in [6, 6.07) is 15.5. The first kappa shape index (κ1) is 24.8. The van der Waals surface area contributed by atoms with Crippen molar-refractivity contribution < 1.29 is 4.79 Å². The molecule has 1 heterocycles. The lowest BCUT2D eigenvalue weighted by molar-refractivity contribution is -0.119. The Kier molecular flexibility index (Phi) is 10.4. The standard InChI is InChI=1S/C18H28N4O.C7H7Cl/c1-4-5-10-19-14(2)20-16-7-6-8-17(12-16)21-18(23)15-9-11-22(3)13-15;1-6-2-4-7(8)5-3-6/h6-8,12,15,19-20H,2,4-5,9-11,13H2,1,3H3,(H,21,23);2-5H,1H3. The first-order chi connectivity index (χ1) is 14.9. The highest BCUT2D eigenvalue weighted by Gasteiger charge is 2.26. The number of amides is 1. The van der Waals surface area contributed by atoms with Gasteiger partial charge in [-0.1, -0.05) is 55.3 Å². The molecule has 3 N–H and O–H groups in total. The summed E-state index contributed by atoms with van der Waals surface area (Å²) in [5, 5.41) is 10.3. The molecule has 0 bridgehead atoms. The van der Waals surface area contributed by atoms with E-state index in [1.54, 1.807) is 0 Å². The third-order valence-corrected chi connectivity index (χ3v) is 5.32. The summed E-state index contributed by atoms with van der Waals surface area (Å²) in [7, 11) is 2.05. The van der Waals surface area contributed by atoms with Crippen LogP contribution in [0.3, 0.4) is 0 Å². The maximum Gasteiger partial charge on any atom is 0.228 e. The Morgan fingerprint density at radius 3 is 2.42 bits per heavy atom. The van der Waals surface area contributed by atoms with Crippen LogP contribution < -0.4 is 16.0 Å². The Morgan fingerprint density at radius 1 is 1.16 bits per heavy atom. The summed E-state index contributed by atoms with van der Waals surface area (Å²) < 4.78 is 0. The van der Waals surface area contributed by atoms with Gasteiger partial charge in [-0.15, -0.1) is 0 Å². The minimum atomic E-state index is 0.0855. The number of carbonyl (C=O) groups excluding carboxylic acids is 1. The fourth-order valence-electron chi connectivity index (χ4n) is 3.24. The Labute approximate surface area is 191 Å². The topological polar surface area (TPSA) is 56.4 Å². The van der Waals surface area contributed by atoms with Gasteiger partial charge in [0.2, 0.25) is 5.91 Å². The molecule has 1 amide bonds. The molecule has 3 rings (SSSR count). The van der Waals surface area contributed by atoms with Crippen molar-refractivity contribution >= 4 is 28.9 Å². The lowest BCUT2D eigenvalue weighted by Crippen LogP contribution is -2.25. The van der Waals surface area contributed by atoms with Crippen LogP contribution in [0.4, 0.5) is 11.4 Å². The van der Waals surface area contributed by atoms with Gasteiger partial charge in [-0.3, -0.25) is 4.79 Å². The number of rotatable bonds is 8. The second-order valence-electron chi connectivity index (χ2n) is 8.00. The number of unbranched alkanes of at least 4 members (excludes halogenated alkanes) is 1. The first-order valence-electron chi connectivity index (χ1n) is 10.9. The van der Waals surface area contributed by atoms with Crippen molar-refractivity contribution in [1.82, 2.24) is 10.2 Å². The normalized spacial score (nSPS) is 15.5. The molecule has 1 unspecified atom stereocenters.